The van der Waals surface area contributed by atoms with E-state index in [2.05, 4.69) is 5.32 Å². The van der Waals surface area contributed by atoms with Crippen LogP contribution in [0.1, 0.15) is 46.5 Å². The number of nitrogens with one attached hydrogen (secondary N) is 1. The first kappa shape index (κ1) is 20.6. The minimum atomic E-state index is -1.22. The van der Waals surface area contributed by atoms with E-state index in [1.54, 1.807) is 6.92 Å². The van der Waals surface area contributed by atoms with Crippen molar-refractivity contribution in [1.82, 2.24) is 9.13 Å². The SMILES string of the molecule is CCCn1c(N)c(NC(=O)CC(Cl)(Cl)CC)c(=O)n(CCC)c1=O. The van der Waals surface area contributed by atoms with Gasteiger partial charge in [0.05, 0.1) is 6.42 Å². The van der Waals surface area contributed by atoms with E-state index in [0.717, 1.165) is 4.57 Å². The normalized spacial score (nSPS) is 11.5. The number of anilines is 2. The third kappa shape index (κ3) is 4.77. The van der Waals surface area contributed by atoms with Crippen LogP contribution in [-0.4, -0.2) is 19.4 Å². The highest BCUT2D eigenvalue weighted by Crippen LogP contribution is 2.29. The number of nitrogens with zero attached hydrogens (tertiary/aromatic N) is 2. The Morgan fingerprint density at radius 3 is 2.17 bits per heavy atom. The molecule has 0 saturated carbocycles. The Kier molecular flexibility index (Phi) is 7.35. The highest BCUT2D eigenvalue weighted by Gasteiger charge is 2.27. The summed E-state index contributed by atoms with van der Waals surface area (Å²) in [6.07, 6.45) is 1.44. The second-order valence-electron chi connectivity index (χ2n) is 5.59. The Labute approximate surface area is 150 Å². The Bertz CT molecular complexity index is 710. The number of nitrogen functional groups attached to an aromatic ring is 1. The number of carbonyl (C=O) groups is 1. The topological polar surface area (TPSA) is 99.1 Å². The van der Waals surface area contributed by atoms with Crippen LogP contribution in [-0.2, 0) is 17.9 Å². The third-order valence-corrected chi connectivity index (χ3v) is 4.36. The predicted molar refractivity (Wildman–Crippen MR) is 97.9 cm³/mol. The molecule has 0 aliphatic rings. The molecule has 136 valence electrons. The van der Waals surface area contributed by atoms with Gasteiger partial charge in [-0.1, -0.05) is 20.8 Å². The van der Waals surface area contributed by atoms with Gasteiger partial charge in [0, 0.05) is 13.1 Å². The van der Waals surface area contributed by atoms with Crippen molar-refractivity contribution in [1.29, 1.82) is 0 Å². The van der Waals surface area contributed by atoms with Gasteiger partial charge in [-0.15, -0.1) is 23.2 Å². The van der Waals surface area contributed by atoms with E-state index in [9.17, 15) is 14.4 Å². The average molecular weight is 379 g/mol. The lowest BCUT2D eigenvalue weighted by Gasteiger charge is -2.19. The van der Waals surface area contributed by atoms with E-state index in [1.165, 1.54) is 4.57 Å². The first-order chi connectivity index (χ1) is 11.2. The second kappa shape index (κ2) is 8.58. The molecule has 0 atom stereocenters. The molecule has 24 heavy (non-hydrogen) atoms. The molecule has 0 fully saturated rings. The molecule has 1 aromatic rings. The fourth-order valence-electron chi connectivity index (χ4n) is 2.24. The van der Waals surface area contributed by atoms with Gasteiger partial charge >= 0.3 is 5.69 Å². The van der Waals surface area contributed by atoms with Crippen molar-refractivity contribution in [2.24, 2.45) is 0 Å². The molecule has 3 N–H and O–H groups in total. The molecule has 1 aromatic heterocycles. The lowest BCUT2D eigenvalue weighted by molar-refractivity contribution is -0.116. The number of amides is 1. The van der Waals surface area contributed by atoms with Crippen molar-refractivity contribution >= 4 is 40.6 Å². The van der Waals surface area contributed by atoms with Crippen molar-refractivity contribution in [3.8, 4) is 0 Å². The molecule has 7 nitrogen and oxygen atoms in total. The lowest BCUT2D eigenvalue weighted by Crippen LogP contribution is -2.43. The standard InChI is InChI=1S/C15H24Cl2N4O3/c1-4-7-20-12(18)11(13(23)21(8-5-2)14(20)24)19-10(22)9-15(16,17)6-3/h4-9,18H2,1-3H3,(H,19,22). The first-order valence-electron chi connectivity index (χ1n) is 7.99. The van der Waals surface area contributed by atoms with Crippen LogP contribution in [0.15, 0.2) is 9.59 Å². The van der Waals surface area contributed by atoms with Crippen molar-refractivity contribution in [2.75, 3.05) is 11.1 Å². The maximum Gasteiger partial charge on any atom is 0.332 e. The van der Waals surface area contributed by atoms with Crippen molar-refractivity contribution in [2.45, 2.75) is 63.9 Å². The van der Waals surface area contributed by atoms with E-state index in [0.29, 0.717) is 25.8 Å². The van der Waals surface area contributed by atoms with Crippen LogP contribution in [0.5, 0.6) is 0 Å². The third-order valence-electron chi connectivity index (χ3n) is 3.56. The average Bonchev–Trinajstić information content (AvgIpc) is 2.52. The number of carbonyl (C=O) groups excluding carboxylic acids is 1. The van der Waals surface area contributed by atoms with E-state index in [1.807, 2.05) is 13.8 Å². The summed E-state index contributed by atoms with van der Waals surface area (Å²) in [5, 5.41) is 2.47. The number of rotatable bonds is 8. The summed E-state index contributed by atoms with van der Waals surface area (Å²) in [4.78, 5) is 37.1. The molecular weight excluding hydrogens is 355 g/mol. The minimum Gasteiger partial charge on any atom is -0.383 e. The summed E-state index contributed by atoms with van der Waals surface area (Å²) in [5.74, 6) is -0.589. The molecule has 0 aromatic carbocycles. The Morgan fingerprint density at radius 1 is 1.12 bits per heavy atom. The van der Waals surface area contributed by atoms with Gasteiger partial charge in [-0.2, -0.15) is 0 Å². The van der Waals surface area contributed by atoms with Crippen molar-refractivity contribution in [3.05, 3.63) is 20.8 Å². The fourth-order valence-corrected chi connectivity index (χ4v) is 2.48. The van der Waals surface area contributed by atoms with Crippen LogP contribution >= 0.6 is 23.2 Å². The number of hydrogen-bond donors (Lipinski definition) is 2. The Hall–Kier alpha value is -1.47. The van der Waals surface area contributed by atoms with E-state index in [4.69, 9.17) is 28.9 Å². The Morgan fingerprint density at radius 2 is 1.67 bits per heavy atom. The summed E-state index contributed by atoms with van der Waals surface area (Å²) in [6.45, 7) is 6.07. The summed E-state index contributed by atoms with van der Waals surface area (Å²) in [5.41, 5.74) is 4.75. The zero-order valence-electron chi connectivity index (χ0n) is 14.2. The molecule has 0 spiro atoms. The number of halogens is 2. The van der Waals surface area contributed by atoms with Crippen LogP contribution in [0, 0.1) is 0 Å². The zero-order chi connectivity index (χ0) is 18.5. The molecule has 0 radical (unpaired) electrons. The molecule has 0 aliphatic carbocycles. The molecule has 1 rings (SSSR count). The largest absolute Gasteiger partial charge is 0.383 e. The highest BCUT2D eigenvalue weighted by molar-refractivity contribution is 6.49. The summed E-state index contributed by atoms with van der Waals surface area (Å²) < 4.78 is 1.15. The molecule has 0 aliphatic heterocycles. The number of hydrogen-bond acceptors (Lipinski definition) is 4. The smallest absolute Gasteiger partial charge is 0.332 e. The quantitative estimate of drug-likeness (QED) is 0.677. The van der Waals surface area contributed by atoms with E-state index in [-0.39, 0.29) is 24.5 Å². The monoisotopic (exact) mass is 378 g/mol. The van der Waals surface area contributed by atoms with Crippen LogP contribution in [0.4, 0.5) is 11.5 Å². The molecule has 9 heteroatoms. The van der Waals surface area contributed by atoms with Gasteiger partial charge in [0.2, 0.25) is 5.91 Å². The first-order valence-corrected chi connectivity index (χ1v) is 8.74. The van der Waals surface area contributed by atoms with Gasteiger partial charge in [-0.25, -0.2) is 4.79 Å². The predicted octanol–water partition coefficient (Wildman–Crippen LogP) is 2.32. The summed E-state index contributed by atoms with van der Waals surface area (Å²) in [6, 6.07) is 0. The van der Waals surface area contributed by atoms with Gasteiger partial charge < -0.3 is 11.1 Å². The number of nitrogens with two attached hydrogens (primary N) is 1. The molecule has 1 heterocycles. The van der Waals surface area contributed by atoms with Crippen molar-refractivity contribution in [3.63, 3.8) is 0 Å². The Balaban J connectivity index is 3.34. The summed E-state index contributed by atoms with van der Waals surface area (Å²) >= 11 is 12.0. The van der Waals surface area contributed by atoms with E-state index >= 15 is 0 Å². The second-order valence-corrected chi connectivity index (χ2v) is 7.23. The van der Waals surface area contributed by atoms with Gasteiger partial charge in [0.25, 0.3) is 5.56 Å². The van der Waals surface area contributed by atoms with Crippen LogP contribution in [0.3, 0.4) is 0 Å². The van der Waals surface area contributed by atoms with Gasteiger partial charge in [-0.05, 0) is 19.3 Å². The summed E-state index contributed by atoms with van der Waals surface area (Å²) in [7, 11) is 0. The van der Waals surface area contributed by atoms with Crippen molar-refractivity contribution < 1.29 is 4.79 Å². The van der Waals surface area contributed by atoms with Gasteiger partial charge in [-0.3, -0.25) is 18.7 Å². The molecule has 1 amide bonds. The molecular formula is C15H24Cl2N4O3. The highest BCUT2D eigenvalue weighted by atomic mass is 35.5. The minimum absolute atomic E-state index is 0.0567. The maximum absolute atomic E-state index is 12.5. The lowest BCUT2D eigenvalue weighted by atomic mass is 10.2. The number of aromatic nitrogens is 2. The molecule has 0 unspecified atom stereocenters. The van der Waals surface area contributed by atoms with E-state index < -0.39 is 21.5 Å². The molecule has 0 saturated heterocycles. The van der Waals surface area contributed by atoms with Crippen LogP contribution in [0.2, 0.25) is 0 Å². The number of alkyl halides is 2. The van der Waals surface area contributed by atoms with Gasteiger partial charge in [0.1, 0.15) is 15.8 Å². The molecule has 0 bridgehead atoms. The van der Waals surface area contributed by atoms with Gasteiger partial charge in [0.15, 0.2) is 0 Å². The fraction of sp³-hybridized carbons (Fsp3) is 0.667. The zero-order valence-corrected chi connectivity index (χ0v) is 15.7. The van der Waals surface area contributed by atoms with Crippen LogP contribution < -0.4 is 22.3 Å². The maximum atomic E-state index is 12.5. The van der Waals surface area contributed by atoms with Crippen LogP contribution in [0.25, 0.3) is 0 Å².